The van der Waals surface area contributed by atoms with Gasteiger partial charge in [-0.05, 0) is 17.9 Å². The Morgan fingerprint density at radius 1 is 1.50 bits per heavy atom. The molecule has 7 heteroatoms. The zero-order valence-corrected chi connectivity index (χ0v) is 11.4. The Labute approximate surface area is 114 Å². The largest absolute Gasteiger partial charge is 0.291 e. The Balaban J connectivity index is 2.16. The van der Waals surface area contributed by atoms with Crippen LogP contribution in [0.3, 0.4) is 0 Å². The molecule has 0 atom stereocenters. The number of aromatic nitrogens is 3. The fraction of sp³-hybridized carbons (Fsp3) is 0.182. The van der Waals surface area contributed by atoms with Crippen molar-refractivity contribution < 1.29 is 4.79 Å². The summed E-state index contributed by atoms with van der Waals surface area (Å²) >= 11 is 5.60. The number of thiol groups is 1. The zero-order valence-electron chi connectivity index (χ0n) is 9.67. The molecule has 0 saturated carbocycles. The van der Waals surface area contributed by atoms with Crippen molar-refractivity contribution in [2.75, 3.05) is 11.6 Å². The van der Waals surface area contributed by atoms with Gasteiger partial charge in [-0.15, -0.1) is 5.10 Å². The summed E-state index contributed by atoms with van der Waals surface area (Å²) in [7, 11) is 0. The molecule has 0 aliphatic heterocycles. The molecular formula is C11H12N4OS2. The van der Waals surface area contributed by atoms with Crippen molar-refractivity contribution in [3.8, 4) is 0 Å². The Bertz CT molecular complexity index is 555. The average Bonchev–Trinajstić information content (AvgIpc) is 2.86. The van der Waals surface area contributed by atoms with Gasteiger partial charge >= 0.3 is 0 Å². The Kier molecular flexibility index (Phi) is 4.27. The summed E-state index contributed by atoms with van der Waals surface area (Å²) in [5.74, 6) is 0.637. The number of thioether (sulfide) groups is 1. The third kappa shape index (κ3) is 2.85. The van der Waals surface area contributed by atoms with Crippen LogP contribution >= 0.6 is 24.4 Å². The Hall–Kier alpha value is -1.47. The molecule has 0 saturated heterocycles. The fourth-order valence-electron chi connectivity index (χ4n) is 1.45. The first-order chi connectivity index (χ1) is 8.74. The van der Waals surface area contributed by atoms with Gasteiger partial charge < -0.3 is 0 Å². The van der Waals surface area contributed by atoms with Crippen LogP contribution in [0.1, 0.15) is 15.9 Å². The van der Waals surface area contributed by atoms with Crippen LogP contribution in [0.25, 0.3) is 0 Å². The lowest BCUT2D eigenvalue weighted by molar-refractivity contribution is 0.102. The number of nitrogens with one attached hydrogen (secondary N) is 2. The summed E-state index contributed by atoms with van der Waals surface area (Å²) in [5, 5.41) is 9.85. The summed E-state index contributed by atoms with van der Waals surface area (Å²) < 4.78 is 0. The van der Waals surface area contributed by atoms with Gasteiger partial charge in [-0.3, -0.25) is 10.1 Å². The maximum absolute atomic E-state index is 12.1. The van der Waals surface area contributed by atoms with E-state index in [0.717, 1.165) is 5.56 Å². The lowest BCUT2D eigenvalue weighted by Gasteiger charge is -2.05. The number of rotatable bonds is 4. The second-order valence-corrected chi connectivity index (χ2v) is 4.53. The summed E-state index contributed by atoms with van der Waals surface area (Å²) in [6.45, 7) is 0. The van der Waals surface area contributed by atoms with E-state index in [4.69, 9.17) is 0 Å². The first-order valence-electron chi connectivity index (χ1n) is 5.21. The van der Waals surface area contributed by atoms with Crippen molar-refractivity contribution in [3.05, 3.63) is 35.4 Å². The second kappa shape index (κ2) is 5.92. The SMILES string of the molecule is CSc1n[nH]c(NC(=O)c2ccccc2CS)n1. The number of carbonyl (C=O) groups is 1. The van der Waals surface area contributed by atoms with Gasteiger partial charge in [-0.2, -0.15) is 17.6 Å². The molecule has 0 bridgehead atoms. The second-order valence-electron chi connectivity index (χ2n) is 3.44. The Morgan fingerprint density at radius 2 is 2.28 bits per heavy atom. The minimum absolute atomic E-state index is 0.219. The zero-order chi connectivity index (χ0) is 13.0. The maximum atomic E-state index is 12.1. The van der Waals surface area contributed by atoms with Gasteiger partial charge in [-0.1, -0.05) is 30.0 Å². The molecule has 2 aromatic rings. The maximum Gasteiger partial charge on any atom is 0.258 e. The quantitative estimate of drug-likeness (QED) is 0.593. The summed E-state index contributed by atoms with van der Waals surface area (Å²) in [6, 6.07) is 7.32. The first-order valence-corrected chi connectivity index (χ1v) is 7.07. The highest BCUT2D eigenvalue weighted by Crippen LogP contribution is 2.14. The van der Waals surface area contributed by atoms with E-state index in [0.29, 0.717) is 22.4 Å². The van der Waals surface area contributed by atoms with E-state index < -0.39 is 0 Å². The number of anilines is 1. The van der Waals surface area contributed by atoms with Crippen LogP contribution in [0.5, 0.6) is 0 Å². The predicted octanol–water partition coefficient (Wildman–Crippen LogP) is 2.21. The molecule has 1 amide bonds. The van der Waals surface area contributed by atoms with E-state index in [-0.39, 0.29) is 5.91 Å². The van der Waals surface area contributed by atoms with Crippen molar-refractivity contribution in [2.45, 2.75) is 10.9 Å². The molecule has 94 valence electrons. The lowest BCUT2D eigenvalue weighted by atomic mass is 10.1. The van der Waals surface area contributed by atoms with E-state index in [1.165, 1.54) is 11.8 Å². The molecule has 2 rings (SSSR count). The molecule has 5 nitrogen and oxygen atoms in total. The molecule has 0 spiro atoms. The third-order valence-corrected chi connectivity index (χ3v) is 3.20. The van der Waals surface area contributed by atoms with Crippen LogP contribution in [-0.4, -0.2) is 27.3 Å². The number of hydrogen-bond donors (Lipinski definition) is 3. The number of carbonyl (C=O) groups excluding carboxylic acids is 1. The standard InChI is InChI=1S/C11H12N4OS2/c1-18-11-13-10(14-15-11)12-9(16)8-5-3-2-4-7(8)6-17/h2-5,17H,6H2,1H3,(H2,12,13,14,15,16). The molecule has 18 heavy (non-hydrogen) atoms. The minimum Gasteiger partial charge on any atom is -0.291 e. The van der Waals surface area contributed by atoms with Gasteiger partial charge in [0.1, 0.15) is 0 Å². The fourth-order valence-corrected chi connectivity index (χ4v) is 2.04. The summed E-state index contributed by atoms with van der Waals surface area (Å²) in [5.41, 5.74) is 1.47. The normalized spacial score (nSPS) is 10.3. The number of benzene rings is 1. The summed E-state index contributed by atoms with van der Waals surface area (Å²) in [4.78, 5) is 16.1. The van der Waals surface area contributed by atoms with Crippen molar-refractivity contribution in [3.63, 3.8) is 0 Å². The molecule has 0 aliphatic carbocycles. The molecule has 1 aromatic carbocycles. The number of H-pyrrole nitrogens is 1. The number of nitrogens with zero attached hydrogens (tertiary/aromatic N) is 2. The highest BCUT2D eigenvalue weighted by atomic mass is 32.2. The van der Waals surface area contributed by atoms with Gasteiger partial charge in [0.2, 0.25) is 11.1 Å². The van der Waals surface area contributed by atoms with Gasteiger partial charge in [0.15, 0.2) is 0 Å². The smallest absolute Gasteiger partial charge is 0.258 e. The van der Waals surface area contributed by atoms with Crippen LogP contribution in [0.2, 0.25) is 0 Å². The number of aromatic amines is 1. The van der Waals surface area contributed by atoms with Crippen molar-refractivity contribution in [2.24, 2.45) is 0 Å². The van der Waals surface area contributed by atoms with Crippen LogP contribution in [0.15, 0.2) is 29.4 Å². The minimum atomic E-state index is -0.219. The molecule has 1 heterocycles. The lowest BCUT2D eigenvalue weighted by Crippen LogP contribution is -2.14. The molecule has 0 aliphatic rings. The number of amides is 1. The van der Waals surface area contributed by atoms with Gasteiger partial charge in [0.25, 0.3) is 5.91 Å². The van der Waals surface area contributed by atoms with E-state index in [2.05, 4.69) is 33.1 Å². The van der Waals surface area contributed by atoms with Crippen LogP contribution in [-0.2, 0) is 5.75 Å². The number of hydrogen-bond acceptors (Lipinski definition) is 5. The van der Waals surface area contributed by atoms with Crippen molar-refractivity contribution in [1.29, 1.82) is 0 Å². The first kappa shape index (κ1) is 13.0. The Morgan fingerprint density at radius 3 is 2.94 bits per heavy atom. The van der Waals surface area contributed by atoms with Crippen molar-refractivity contribution >= 4 is 36.2 Å². The van der Waals surface area contributed by atoms with E-state index in [1.54, 1.807) is 6.07 Å². The third-order valence-electron chi connectivity index (χ3n) is 2.31. The summed E-state index contributed by atoms with van der Waals surface area (Å²) in [6.07, 6.45) is 1.87. The molecule has 1 aromatic heterocycles. The average molecular weight is 280 g/mol. The van der Waals surface area contributed by atoms with E-state index in [9.17, 15) is 4.79 Å². The monoisotopic (exact) mass is 280 g/mol. The van der Waals surface area contributed by atoms with Crippen LogP contribution in [0, 0.1) is 0 Å². The van der Waals surface area contributed by atoms with Gasteiger partial charge in [0, 0.05) is 11.3 Å². The van der Waals surface area contributed by atoms with Crippen LogP contribution in [0.4, 0.5) is 5.95 Å². The van der Waals surface area contributed by atoms with Crippen molar-refractivity contribution in [1.82, 2.24) is 15.2 Å². The molecule has 0 radical (unpaired) electrons. The topological polar surface area (TPSA) is 70.7 Å². The highest BCUT2D eigenvalue weighted by molar-refractivity contribution is 7.98. The molecule has 0 unspecified atom stereocenters. The van der Waals surface area contributed by atoms with Gasteiger partial charge in [-0.25, -0.2) is 5.10 Å². The molecule has 0 fully saturated rings. The van der Waals surface area contributed by atoms with Crippen LogP contribution < -0.4 is 5.32 Å². The molecular weight excluding hydrogens is 268 g/mol. The molecule has 2 N–H and O–H groups in total. The van der Waals surface area contributed by atoms with E-state index >= 15 is 0 Å². The highest BCUT2D eigenvalue weighted by Gasteiger charge is 2.12. The van der Waals surface area contributed by atoms with E-state index in [1.807, 2.05) is 24.5 Å². The predicted molar refractivity (Wildman–Crippen MR) is 75.2 cm³/mol. The van der Waals surface area contributed by atoms with Gasteiger partial charge in [0.05, 0.1) is 0 Å².